The summed E-state index contributed by atoms with van der Waals surface area (Å²) in [4.78, 5) is 11.0. The molecular weight excluding hydrogens is 130 g/mol. The first-order valence-corrected chi connectivity index (χ1v) is 3.51. The van der Waals surface area contributed by atoms with Gasteiger partial charge in [-0.2, -0.15) is 0 Å². The Balaban J connectivity index is 2.56. The van der Waals surface area contributed by atoms with Crippen molar-refractivity contribution in [2.24, 2.45) is 0 Å². The lowest BCUT2D eigenvalue weighted by molar-refractivity contribution is -0.143. The summed E-state index contributed by atoms with van der Waals surface area (Å²) in [6, 6.07) is 0. The Morgan fingerprint density at radius 3 is 2.70 bits per heavy atom. The van der Waals surface area contributed by atoms with Crippen LogP contribution in [0.4, 0.5) is 0 Å². The van der Waals surface area contributed by atoms with Gasteiger partial charge in [-0.15, -0.1) is 0 Å². The number of ketones is 1. The predicted molar refractivity (Wildman–Crippen MR) is 37.9 cm³/mol. The number of Topliss-reactive ketones (excluding diaryl/α,β-unsaturated/α-hetero) is 1. The molecule has 58 valence electrons. The number of carbonyl (C=O) groups is 1. The second kappa shape index (κ2) is 2.68. The Hall–Kier alpha value is -0.410. The molecule has 1 aliphatic heterocycles. The van der Waals surface area contributed by atoms with Gasteiger partial charge in [-0.25, -0.2) is 0 Å². The van der Waals surface area contributed by atoms with Gasteiger partial charge in [-0.1, -0.05) is 0 Å². The van der Waals surface area contributed by atoms with Crippen molar-refractivity contribution in [1.29, 1.82) is 0 Å². The van der Waals surface area contributed by atoms with Gasteiger partial charge in [0.1, 0.15) is 5.60 Å². The maximum Gasteiger partial charge on any atom is 0.162 e. The topological polar surface area (TPSA) is 38.3 Å². The van der Waals surface area contributed by atoms with Gasteiger partial charge in [0.05, 0.1) is 6.61 Å². The fourth-order valence-electron chi connectivity index (χ4n) is 0.953. The molecule has 0 aromatic rings. The molecule has 0 bridgehead atoms. The van der Waals surface area contributed by atoms with Crippen LogP contribution in [0.15, 0.2) is 0 Å². The highest BCUT2D eigenvalue weighted by molar-refractivity contribution is 5.84. The minimum atomic E-state index is -0.571. The van der Waals surface area contributed by atoms with E-state index in [1.807, 2.05) is 6.92 Å². The molecule has 1 N–H and O–H groups in total. The fourth-order valence-corrected chi connectivity index (χ4v) is 0.953. The van der Waals surface area contributed by atoms with E-state index < -0.39 is 5.60 Å². The summed E-state index contributed by atoms with van der Waals surface area (Å²) in [5, 5.41) is 3.11. The summed E-state index contributed by atoms with van der Waals surface area (Å²) in [7, 11) is 0. The quantitative estimate of drug-likeness (QED) is 0.559. The minimum absolute atomic E-state index is 0.0969. The molecule has 1 fully saturated rings. The van der Waals surface area contributed by atoms with Crippen LogP contribution in [-0.2, 0) is 9.53 Å². The molecule has 0 amide bonds. The monoisotopic (exact) mass is 143 g/mol. The first kappa shape index (κ1) is 7.69. The molecule has 0 saturated carbocycles. The van der Waals surface area contributed by atoms with Crippen molar-refractivity contribution in [2.75, 3.05) is 19.7 Å². The van der Waals surface area contributed by atoms with E-state index in [1.54, 1.807) is 6.92 Å². The zero-order valence-electron chi connectivity index (χ0n) is 6.44. The summed E-state index contributed by atoms with van der Waals surface area (Å²) >= 11 is 0. The number of ether oxygens (including phenoxy) is 1. The molecule has 0 spiro atoms. The van der Waals surface area contributed by atoms with Gasteiger partial charge < -0.3 is 10.1 Å². The smallest absolute Gasteiger partial charge is 0.162 e. The van der Waals surface area contributed by atoms with E-state index in [9.17, 15) is 4.79 Å². The van der Waals surface area contributed by atoms with Crippen LogP contribution >= 0.6 is 0 Å². The van der Waals surface area contributed by atoms with E-state index in [0.29, 0.717) is 13.2 Å². The molecule has 0 aromatic heterocycles. The van der Waals surface area contributed by atoms with Gasteiger partial charge in [0.25, 0.3) is 0 Å². The Morgan fingerprint density at radius 1 is 1.70 bits per heavy atom. The van der Waals surface area contributed by atoms with E-state index in [1.165, 1.54) is 0 Å². The molecule has 0 aromatic carbocycles. The Morgan fingerprint density at radius 2 is 2.40 bits per heavy atom. The third-order valence-corrected chi connectivity index (χ3v) is 1.91. The normalized spacial score (nSPS) is 33.8. The fraction of sp³-hybridized carbons (Fsp3) is 0.857. The van der Waals surface area contributed by atoms with Crippen LogP contribution in [0, 0.1) is 0 Å². The third-order valence-electron chi connectivity index (χ3n) is 1.91. The van der Waals surface area contributed by atoms with Crippen LogP contribution in [0.1, 0.15) is 13.8 Å². The summed E-state index contributed by atoms with van der Waals surface area (Å²) in [5.74, 6) is 0.0969. The summed E-state index contributed by atoms with van der Waals surface area (Å²) < 4.78 is 5.31. The van der Waals surface area contributed by atoms with Gasteiger partial charge in [0, 0.05) is 13.1 Å². The van der Waals surface area contributed by atoms with Gasteiger partial charge in [-0.3, -0.25) is 4.79 Å². The van der Waals surface area contributed by atoms with Crippen LogP contribution in [0.2, 0.25) is 0 Å². The molecule has 1 unspecified atom stereocenters. The first-order valence-electron chi connectivity index (χ1n) is 3.51. The SMILES string of the molecule is CC(=O)C1(C)CNCCO1. The van der Waals surface area contributed by atoms with Crippen LogP contribution in [0.25, 0.3) is 0 Å². The second-order valence-corrected chi connectivity index (χ2v) is 2.81. The number of hydrogen-bond acceptors (Lipinski definition) is 3. The van der Waals surface area contributed by atoms with Crippen molar-refractivity contribution in [3.8, 4) is 0 Å². The molecule has 3 heteroatoms. The van der Waals surface area contributed by atoms with E-state index in [4.69, 9.17) is 4.74 Å². The molecule has 1 rings (SSSR count). The average Bonchev–Trinajstić information content (AvgIpc) is 1.89. The zero-order chi connectivity index (χ0) is 7.61. The maximum atomic E-state index is 11.0. The number of rotatable bonds is 1. The highest BCUT2D eigenvalue weighted by atomic mass is 16.5. The van der Waals surface area contributed by atoms with Crippen LogP contribution < -0.4 is 5.32 Å². The Bertz CT molecular complexity index is 139. The van der Waals surface area contributed by atoms with E-state index in [-0.39, 0.29) is 5.78 Å². The molecule has 0 radical (unpaired) electrons. The molecule has 10 heavy (non-hydrogen) atoms. The lowest BCUT2D eigenvalue weighted by Crippen LogP contribution is -2.51. The van der Waals surface area contributed by atoms with E-state index in [0.717, 1.165) is 6.54 Å². The molecule has 1 aliphatic rings. The van der Waals surface area contributed by atoms with Crippen molar-refractivity contribution in [3.63, 3.8) is 0 Å². The summed E-state index contributed by atoms with van der Waals surface area (Å²) in [6.07, 6.45) is 0. The second-order valence-electron chi connectivity index (χ2n) is 2.81. The van der Waals surface area contributed by atoms with Gasteiger partial charge >= 0.3 is 0 Å². The lowest BCUT2D eigenvalue weighted by Gasteiger charge is -2.31. The van der Waals surface area contributed by atoms with Crippen molar-refractivity contribution >= 4 is 5.78 Å². The molecule has 1 heterocycles. The van der Waals surface area contributed by atoms with Crippen molar-refractivity contribution in [3.05, 3.63) is 0 Å². The molecular formula is C7H13NO2. The number of hydrogen-bond donors (Lipinski definition) is 1. The Labute approximate surface area is 60.7 Å². The van der Waals surface area contributed by atoms with Gasteiger partial charge in [0.2, 0.25) is 0 Å². The van der Waals surface area contributed by atoms with Crippen LogP contribution in [0.3, 0.4) is 0 Å². The highest BCUT2D eigenvalue weighted by Gasteiger charge is 2.32. The lowest BCUT2D eigenvalue weighted by atomic mass is 10.0. The molecule has 0 aliphatic carbocycles. The number of nitrogens with one attached hydrogen (secondary N) is 1. The van der Waals surface area contributed by atoms with Crippen LogP contribution in [-0.4, -0.2) is 31.1 Å². The maximum absolute atomic E-state index is 11.0. The summed E-state index contributed by atoms with van der Waals surface area (Å²) in [6.45, 7) is 5.51. The van der Waals surface area contributed by atoms with Gasteiger partial charge in [0.15, 0.2) is 5.78 Å². The zero-order valence-corrected chi connectivity index (χ0v) is 6.44. The summed E-state index contributed by atoms with van der Waals surface area (Å²) in [5.41, 5.74) is -0.571. The predicted octanol–water partition coefficient (Wildman–Crippen LogP) is -0.0461. The first-order chi connectivity index (χ1) is 4.65. The molecule has 3 nitrogen and oxygen atoms in total. The average molecular weight is 143 g/mol. The van der Waals surface area contributed by atoms with E-state index in [2.05, 4.69) is 5.32 Å². The van der Waals surface area contributed by atoms with Crippen molar-refractivity contribution < 1.29 is 9.53 Å². The molecule has 1 atom stereocenters. The van der Waals surface area contributed by atoms with Crippen molar-refractivity contribution in [2.45, 2.75) is 19.4 Å². The molecule has 1 saturated heterocycles. The van der Waals surface area contributed by atoms with Gasteiger partial charge in [-0.05, 0) is 13.8 Å². The number of morpholine rings is 1. The minimum Gasteiger partial charge on any atom is -0.365 e. The largest absolute Gasteiger partial charge is 0.365 e. The van der Waals surface area contributed by atoms with Crippen molar-refractivity contribution in [1.82, 2.24) is 5.32 Å². The number of carbonyl (C=O) groups excluding carboxylic acids is 1. The van der Waals surface area contributed by atoms with E-state index >= 15 is 0 Å². The standard InChI is InChI=1S/C7H13NO2/c1-6(9)7(2)5-8-3-4-10-7/h8H,3-5H2,1-2H3. The highest BCUT2D eigenvalue weighted by Crippen LogP contribution is 2.12. The van der Waals surface area contributed by atoms with Crippen LogP contribution in [0.5, 0.6) is 0 Å². The Kier molecular flexibility index (Phi) is 2.06. The third kappa shape index (κ3) is 1.36.